The van der Waals surface area contributed by atoms with Gasteiger partial charge in [-0.25, -0.2) is 21.1 Å². The van der Waals surface area contributed by atoms with Gasteiger partial charge in [-0.1, -0.05) is 41.4 Å². The van der Waals surface area contributed by atoms with Crippen molar-refractivity contribution in [3.63, 3.8) is 0 Å². The van der Waals surface area contributed by atoms with Gasteiger partial charge in [-0.05, 0) is 55.2 Å². The Kier molecular flexibility index (Phi) is 8.11. The van der Waals surface area contributed by atoms with Gasteiger partial charge >= 0.3 is 0 Å². The minimum atomic E-state index is -3.67. The summed E-state index contributed by atoms with van der Waals surface area (Å²) < 4.78 is 50.5. The third kappa shape index (κ3) is 6.70. The summed E-state index contributed by atoms with van der Waals surface area (Å²) in [4.78, 5) is 13.1. The summed E-state index contributed by atoms with van der Waals surface area (Å²) in [5, 5.41) is 3.63. The number of nitrogens with zero attached hydrogens (tertiary/aromatic N) is 1. The van der Waals surface area contributed by atoms with Gasteiger partial charge in [0, 0.05) is 29.4 Å². The Morgan fingerprint density at radius 1 is 1.12 bits per heavy atom. The van der Waals surface area contributed by atoms with E-state index in [0.29, 0.717) is 30.0 Å². The summed E-state index contributed by atoms with van der Waals surface area (Å²) in [5.74, 6) is -0.980. The van der Waals surface area contributed by atoms with Crippen LogP contribution in [0, 0.1) is 5.92 Å². The Hall–Kier alpha value is -1.65. The molecule has 0 radical (unpaired) electrons. The van der Waals surface area contributed by atoms with E-state index in [2.05, 4.69) is 5.32 Å². The largest absolute Gasteiger partial charge is 0.349 e. The molecular formula is C22H26Cl2N2O5S2. The highest BCUT2D eigenvalue weighted by atomic mass is 35.5. The first-order chi connectivity index (χ1) is 15.4. The molecule has 2 aromatic rings. The second-order valence-corrected chi connectivity index (χ2v) is 13.1. The number of piperidine rings is 1. The van der Waals surface area contributed by atoms with Gasteiger partial charge in [0.05, 0.1) is 22.6 Å². The number of halogens is 2. The molecule has 2 atom stereocenters. The molecule has 1 aliphatic rings. The highest BCUT2D eigenvalue weighted by Crippen LogP contribution is 2.27. The molecule has 1 saturated heterocycles. The summed E-state index contributed by atoms with van der Waals surface area (Å²) in [6.45, 7) is 2.24. The van der Waals surface area contributed by atoms with E-state index in [9.17, 15) is 21.6 Å². The van der Waals surface area contributed by atoms with Crippen LogP contribution in [-0.4, -0.2) is 46.4 Å². The lowest BCUT2D eigenvalue weighted by atomic mass is 9.98. The van der Waals surface area contributed by atoms with Gasteiger partial charge < -0.3 is 5.32 Å². The van der Waals surface area contributed by atoms with Crippen molar-refractivity contribution in [2.75, 3.05) is 19.3 Å². The highest BCUT2D eigenvalue weighted by Gasteiger charge is 2.33. The van der Waals surface area contributed by atoms with E-state index in [0.717, 1.165) is 11.8 Å². The first-order valence-corrected chi connectivity index (χ1v) is 14.6. The van der Waals surface area contributed by atoms with Gasteiger partial charge in [0.2, 0.25) is 15.9 Å². The molecule has 0 saturated carbocycles. The molecule has 1 fully saturated rings. The molecule has 1 amide bonds. The number of hydrogen-bond acceptors (Lipinski definition) is 5. The van der Waals surface area contributed by atoms with Gasteiger partial charge in [0.25, 0.3) is 0 Å². The number of carbonyl (C=O) groups is 1. The van der Waals surface area contributed by atoms with Crippen LogP contribution in [0.4, 0.5) is 0 Å². The average Bonchev–Trinajstić information content (AvgIpc) is 2.75. The Morgan fingerprint density at radius 3 is 2.39 bits per heavy atom. The maximum atomic E-state index is 13.0. The molecule has 1 aliphatic heterocycles. The van der Waals surface area contributed by atoms with E-state index in [1.54, 1.807) is 31.2 Å². The van der Waals surface area contributed by atoms with Crippen molar-refractivity contribution in [3.8, 4) is 0 Å². The molecule has 3 rings (SSSR count). The minimum absolute atomic E-state index is 0.0963. The lowest BCUT2D eigenvalue weighted by molar-refractivity contribution is -0.126. The SMILES string of the molecule is CC(NC(=O)C1CCCN(S(=O)(=O)Cc2ccc(Cl)cc2Cl)C1)c1ccc(S(C)(=O)=O)cc1. The van der Waals surface area contributed by atoms with Crippen LogP contribution in [0.15, 0.2) is 47.4 Å². The first-order valence-electron chi connectivity index (χ1n) is 10.4. The standard InChI is InChI=1S/C22H26Cl2N2O5S2/c1-15(16-6-9-20(10-7-16)32(2,28)29)25-22(27)17-4-3-11-26(13-17)33(30,31)14-18-5-8-19(23)12-21(18)24/h5-10,12,15,17H,3-4,11,13-14H2,1-2H3,(H,25,27). The van der Waals surface area contributed by atoms with E-state index in [1.807, 2.05) is 0 Å². The summed E-state index contributed by atoms with van der Waals surface area (Å²) in [7, 11) is -6.97. The first kappa shape index (κ1) is 26.0. The lowest BCUT2D eigenvalue weighted by Gasteiger charge is -2.32. The van der Waals surface area contributed by atoms with Crippen molar-refractivity contribution in [2.45, 2.75) is 36.5 Å². The fourth-order valence-electron chi connectivity index (χ4n) is 3.75. The normalized spacial score (nSPS) is 18.6. The van der Waals surface area contributed by atoms with Crippen molar-refractivity contribution < 1.29 is 21.6 Å². The molecule has 11 heteroatoms. The lowest BCUT2D eigenvalue weighted by Crippen LogP contribution is -2.46. The zero-order valence-electron chi connectivity index (χ0n) is 18.3. The summed E-state index contributed by atoms with van der Waals surface area (Å²) in [5.41, 5.74) is 1.22. The van der Waals surface area contributed by atoms with Crippen LogP contribution in [0.3, 0.4) is 0 Å². The number of carbonyl (C=O) groups excluding carboxylic acids is 1. The molecule has 0 bridgehead atoms. The zero-order valence-corrected chi connectivity index (χ0v) is 21.4. The van der Waals surface area contributed by atoms with E-state index < -0.39 is 25.8 Å². The van der Waals surface area contributed by atoms with Crippen LogP contribution in [0.1, 0.15) is 36.9 Å². The Balaban J connectivity index is 1.64. The van der Waals surface area contributed by atoms with Crippen LogP contribution in [0.25, 0.3) is 0 Å². The van der Waals surface area contributed by atoms with Crippen LogP contribution < -0.4 is 5.32 Å². The molecule has 0 aromatic heterocycles. The van der Waals surface area contributed by atoms with E-state index in [4.69, 9.17) is 23.2 Å². The Bertz CT molecular complexity index is 1230. The zero-order chi connectivity index (χ0) is 24.4. The molecule has 7 nitrogen and oxygen atoms in total. The number of benzene rings is 2. The fourth-order valence-corrected chi connectivity index (χ4v) is 6.58. The molecule has 180 valence electrons. The molecular weight excluding hydrogens is 507 g/mol. The predicted octanol–water partition coefficient (Wildman–Crippen LogP) is 3.82. The van der Waals surface area contributed by atoms with Crippen molar-refractivity contribution in [1.82, 2.24) is 9.62 Å². The van der Waals surface area contributed by atoms with Gasteiger partial charge in [0.15, 0.2) is 9.84 Å². The summed E-state index contributed by atoms with van der Waals surface area (Å²) >= 11 is 12.0. The summed E-state index contributed by atoms with van der Waals surface area (Å²) in [6, 6.07) is 10.7. The smallest absolute Gasteiger partial charge is 0.224 e. The third-order valence-corrected chi connectivity index (χ3v) is 9.18. The van der Waals surface area contributed by atoms with E-state index in [-0.39, 0.29) is 34.2 Å². The van der Waals surface area contributed by atoms with Gasteiger partial charge in [-0.3, -0.25) is 4.79 Å². The number of rotatable bonds is 7. The number of sulfonamides is 1. The van der Waals surface area contributed by atoms with Crippen LogP contribution in [0.2, 0.25) is 10.0 Å². The van der Waals surface area contributed by atoms with Crippen LogP contribution in [0.5, 0.6) is 0 Å². The molecule has 1 N–H and O–H groups in total. The number of hydrogen-bond donors (Lipinski definition) is 1. The minimum Gasteiger partial charge on any atom is -0.349 e. The third-order valence-electron chi connectivity index (χ3n) is 5.67. The van der Waals surface area contributed by atoms with Gasteiger partial charge in [-0.2, -0.15) is 0 Å². The molecule has 2 aromatic carbocycles. The number of sulfone groups is 1. The van der Waals surface area contributed by atoms with Gasteiger partial charge in [-0.15, -0.1) is 0 Å². The molecule has 0 spiro atoms. The van der Waals surface area contributed by atoms with Crippen molar-refractivity contribution in [3.05, 3.63) is 63.6 Å². The fraction of sp³-hybridized carbons (Fsp3) is 0.409. The number of amides is 1. The predicted molar refractivity (Wildman–Crippen MR) is 129 cm³/mol. The topological polar surface area (TPSA) is 101 Å². The second kappa shape index (κ2) is 10.3. The molecule has 0 aliphatic carbocycles. The van der Waals surface area contributed by atoms with Crippen molar-refractivity contribution >= 4 is 49.0 Å². The molecule has 33 heavy (non-hydrogen) atoms. The van der Waals surface area contributed by atoms with Crippen LogP contribution in [-0.2, 0) is 30.4 Å². The van der Waals surface area contributed by atoms with Crippen molar-refractivity contribution in [2.24, 2.45) is 5.92 Å². The second-order valence-electron chi connectivity index (χ2n) is 8.26. The molecule has 1 heterocycles. The van der Waals surface area contributed by atoms with E-state index in [1.165, 1.54) is 22.5 Å². The quantitative estimate of drug-likeness (QED) is 0.584. The van der Waals surface area contributed by atoms with Crippen molar-refractivity contribution in [1.29, 1.82) is 0 Å². The summed E-state index contributed by atoms with van der Waals surface area (Å²) in [6.07, 6.45) is 2.29. The maximum Gasteiger partial charge on any atom is 0.224 e. The average molecular weight is 533 g/mol. The van der Waals surface area contributed by atoms with Gasteiger partial charge in [0.1, 0.15) is 0 Å². The highest BCUT2D eigenvalue weighted by molar-refractivity contribution is 7.90. The monoisotopic (exact) mass is 532 g/mol. The Morgan fingerprint density at radius 2 is 1.79 bits per heavy atom. The van der Waals surface area contributed by atoms with E-state index >= 15 is 0 Å². The number of nitrogens with one attached hydrogen (secondary N) is 1. The Labute approximate surface area is 205 Å². The maximum absolute atomic E-state index is 13.0. The molecule has 2 unspecified atom stereocenters. The van der Waals surface area contributed by atoms with Crippen LogP contribution >= 0.6 is 23.2 Å².